The van der Waals surface area contributed by atoms with Gasteiger partial charge in [0.25, 0.3) is 0 Å². The molecule has 0 spiro atoms. The number of rotatable bonds is 3. The van der Waals surface area contributed by atoms with E-state index in [1.54, 1.807) is 6.33 Å². The summed E-state index contributed by atoms with van der Waals surface area (Å²) in [6.45, 7) is 1.90. The second-order valence-electron chi connectivity index (χ2n) is 2.43. The van der Waals surface area contributed by atoms with Crippen molar-refractivity contribution in [2.24, 2.45) is 0 Å². The highest BCUT2D eigenvalue weighted by Crippen LogP contribution is 1.82. The summed E-state index contributed by atoms with van der Waals surface area (Å²) in [6.07, 6.45) is 4.39. The molecule has 0 saturated carbocycles. The lowest BCUT2D eigenvalue weighted by Gasteiger charge is -2.07. The third-order valence-electron chi connectivity index (χ3n) is 1.21. The highest BCUT2D eigenvalue weighted by Gasteiger charge is 1.91. The van der Waals surface area contributed by atoms with Gasteiger partial charge in [0.05, 0.1) is 0 Å². The Hall–Kier alpha value is -0.900. The van der Waals surface area contributed by atoms with E-state index in [1.807, 2.05) is 18.7 Å². The van der Waals surface area contributed by atoms with Crippen LogP contribution in [-0.4, -0.2) is 40.3 Å². The Kier molecular flexibility index (Phi) is 2.39. The van der Waals surface area contributed by atoms with Gasteiger partial charge in [-0.3, -0.25) is 0 Å². The summed E-state index contributed by atoms with van der Waals surface area (Å²) in [4.78, 5) is 2.10. The van der Waals surface area contributed by atoms with Crippen LogP contribution in [0.4, 0.5) is 0 Å². The summed E-state index contributed by atoms with van der Waals surface area (Å²) in [7, 11) is 4.06. The molecule has 1 heterocycles. The summed E-state index contributed by atoms with van der Waals surface area (Å²) in [5.74, 6) is 0. The minimum absolute atomic E-state index is 0.903. The van der Waals surface area contributed by atoms with E-state index < -0.39 is 0 Å². The third kappa shape index (κ3) is 2.14. The monoisotopic (exact) mass is 139 g/mol. The molecule has 0 aliphatic heterocycles. The van der Waals surface area contributed by atoms with Gasteiger partial charge in [0.1, 0.15) is 6.33 Å². The number of hydrogen-bond acceptors (Lipinski definition) is 3. The van der Waals surface area contributed by atoms with E-state index in [1.165, 1.54) is 0 Å². The lowest BCUT2D eigenvalue weighted by Crippen LogP contribution is -2.17. The zero-order valence-corrected chi connectivity index (χ0v) is 6.28. The SMILES string of the molecule is CN(C)CCn1[c]nnc1. The average Bonchev–Trinajstić information content (AvgIpc) is 2.34. The quantitative estimate of drug-likeness (QED) is 0.573. The molecule has 0 aromatic carbocycles. The van der Waals surface area contributed by atoms with Gasteiger partial charge < -0.3 is 9.47 Å². The van der Waals surface area contributed by atoms with Crippen LogP contribution in [0, 0.1) is 6.33 Å². The molecular weight excluding hydrogens is 128 g/mol. The van der Waals surface area contributed by atoms with Crippen molar-refractivity contribution >= 4 is 0 Å². The Morgan fingerprint density at radius 1 is 1.60 bits per heavy atom. The molecule has 0 aliphatic carbocycles. The van der Waals surface area contributed by atoms with Crippen LogP contribution in [0.1, 0.15) is 0 Å². The Morgan fingerprint density at radius 3 is 2.90 bits per heavy atom. The third-order valence-corrected chi connectivity index (χ3v) is 1.21. The van der Waals surface area contributed by atoms with Crippen molar-refractivity contribution in [3.8, 4) is 0 Å². The zero-order valence-electron chi connectivity index (χ0n) is 6.28. The smallest absolute Gasteiger partial charge is 0.201 e. The van der Waals surface area contributed by atoms with E-state index >= 15 is 0 Å². The van der Waals surface area contributed by atoms with E-state index in [-0.39, 0.29) is 0 Å². The first kappa shape index (κ1) is 7.21. The van der Waals surface area contributed by atoms with Crippen LogP contribution in [0.5, 0.6) is 0 Å². The molecule has 0 saturated heterocycles. The first-order valence-corrected chi connectivity index (χ1v) is 3.19. The van der Waals surface area contributed by atoms with Crippen molar-refractivity contribution in [2.75, 3.05) is 20.6 Å². The lowest BCUT2D eigenvalue weighted by atomic mass is 10.6. The van der Waals surface area contributed by atoms with E-state index in [2.05, 4.69) is 21.4 Å². The summed E-state index contributed by atoms with van der Waals surface area (Å²) in [6, 6.07) is 0. The molecule has 0 unspecified atom stereocenters. The fourth-order valence-corrected chi connectivity index (χ4v) is 0.613. The second kappa shape index (κ2) is 3.31. The number of likely N-dealkylation sites (N-methyl/N-ethyl adjacent to an activating group) is 1. The van der Waals surface area contributed by atoms with Gasteiger partial charge in [0.2, 0.25) is 6.33 Å². The topological polar surface area (TPSA) is 34.0 Å². The molecule has 0 aliphatic rings. The molecule has 55 valence electrons. The number of aromatic nitrogens is 3. The summed E-state index contributed by atoms with van der Waals surface area (Å²) in [5, 5.41) is 7.21. The molecule has 0 atom stereocenters. The summed E-state index contributed by atoms with van der Waals surface area (Å²) in [5.41, 5.74) is 0. The molecule has 0 bridgehead atoms. The minimum atomic E-state index is 0.903. The molecule has 0 amide bonds. The predicted octanol–water partition coefficient (Wildman–Crippen LogP) is -0.360. The van der Waals surface area contributed by atoms with Gasteiger partial charge in [-0.15, -0.1) is 10.2 Å². The van der Waals surface area contributed by atoms with E-state index in [4.69, 9.17) is 0 Å². The van der Waals surface area contributed by atoms with Gasteiger partial charge in [0, 0.05) is 13.1 Å². The van der Waals surface area contributed by atoms with Crippen LogP contribution in [0.15, 0.2) is 6.33 Å². The Bertz CT molecular complexity index is 168. The van der Waals surface area contributed by atoms with E-state index in [0.717, 1.165) is 13.1 Å². The van der Waals surface area contributed by atoms with Crippen LogP contribution in [0.25, 0.3) is 0 Å². The highest BCUT2D eigenvalue weighted by molar-refractivity contribution is 4.58. The van der Waals surface area contributed by atoms with Gasteiger partial charge in [-0.1, -0.05) is 0 Å². The van der Waals surface area contributed by atoms with Gasteiger partial charge in [0.15, 0.2) is 0 Å². The van der Waals surface area contributed by atoms with Crippen molar-refractivity contribution in [3.63, 3.8) is 0 Å². The first-order valence-electron chi connectivity index (χ1n) is 3.19. The largest absolute Gasteiger partial charge is 0.310 e. The standard InChI is InChI=1S/C6H11N4/c1-9(2)3-4-10-5-7-8-6-10/h5H,3-4H2,1-2H3. The van der Waals surface area contributed by atoms with Crippen LogP contribution < -0.4 is 0 Å². The van der Waals surface area contributed by atoms with E-state index in [9.17, 15) is 0 Å². The number of hydrogen-bond donors (Lipinski definition) is 0. The van der Waals surface area contributed by atoms with Crippen LogP contribution in [-0.2, 0) is 6.54 Å². The van der Waals surface area contributed by atoms with Gasteiger partial charge >= 0.3 is 0 Å². The maximum atomic E-state index is 3.64. The van der Waals surface area contributed by atoms with Crippen molar-refractivity contribution < 1.29 is 0 Å². The molecule has 0 N–H and O–H groups in total. The average molecular weight is 139 g/mol. The molecule has 1 rings (SSSR count). The Balaban J connectivity index is 2.28. The summed E-state index contributed by atoms with van der Waals surface area (Å²) < 4.78 is 1.83. The molecule has 4 heteroatoms. The van der Waals surface area contributed by atoms with Crippen LogP contribution in [0.3, 0.4) is 0 Å². The minimum Gasteiger partial charge on any atom is -0.310 e. The van der Waals surface area contributed by atoms with Crippen molar-refractivity contribution in [2.45, 2.75) is 6.54 Å². The molecule has 10 heavy (non-hydrogen) atoms. The lowest BCUT2D eigenvalue weighted by molar-refractivity contribution is 0.383. The van der Waals surface area contributed by atoms with Gasteiger partial charge in [-0.05, 0) is 14.1 Å². The molecule has 0 fully saturated rings. The van der Waals surface area contributed by atoms with Crippen molar-refractivity contribution in [1.82, 2.24) is 19.7 Å². The maximum absolute atomic E-state index is 3.64. The maximum Gasteiger partial charge on any atom is 0.201 e. The highest BCUT2D eigenvalue weighted by atomic mass is 15.2. The Labute approximate surface area is 60.5 Å². The molecule has 1 radical (unpaired) electrons. The molecule has 4 nitrogen and oxygen atoms in total. The van der Waals surface area contributed by atoms with Gasteiger partial charge in [-0.25, -0.2) is 0 Å². The number of nitrogens with zero attached hydrogens (tertiary/aromatic N) is 4. The fourth-order valence-electron chi connectivity index (χ4n) is 0.613. The molecular formula is C6H11N4. The van der Waals surface area contributed by atoms with Crippen LogP contribution >= 0.6 is 0 Å². The first-order chi connectivity index (χ1) is 4.79. The molecule has 1 aromatic heterocycles. The van der Waals surface area contributed by atoms with Crippen LogP contribution in [0.2, 0.25) is 0 Å². The Morgan fingerprint density at radius 2 is 2.40 bits per heavy atom. The fraction of sp³-hybridized carbons (Fsp3) is 0.667. The molecule has 1 aromatic rings. The normalized spacial score (nSPS) is 10.7. The second-order valence-corrected chi connectivity index (χ2v) is 2.43. The van der Waals surface area contributed by atoms with Crippen molar-refractivity contribution in [1.29, 1.82) is 0 Å². The van der Waals surface area contributed by atoms with Crippen molar-refractivity contribution in [3.05, 3.63) is 12.7 Å². The zero-order chi connectivity index (χ0) is 7.40. The summed E-state index contributed by atoms with van der Waals surface area (Å²) >= 11 is 0. The predicted molar refractivity (Wildman–Crippen MR) is 37.4 cm³/mol. The van der Waals surface area contributed by atoms with E-state index in [0.29, 0.717) is 0 Å². The van der Waals surface area contributed by atoms with Gasteiger partial charge in [-0.2, -0.15) is 0 Å².